The summed E-state index contributed by atoms with van der Waals surface area (Å²) in [5.41, 5.74) is 1.14. The van der Waals surface area contributed by atoms with E-state index in [4.69, 9.17) is 4.74 Å². The number of rotatable bonds is 4. The normalized spacial score (nSPS) is 25.2. The van der Waals surface area contributed by atoms with E-state index in [0.29, 0.717) is 12.1 Å². The van der Waals surface area contributed by atoms with Crippen molar-refractivity contribution in [1.29, 1.82) is 0 Å². The third-order valence-corrected chi connectivity index (χ3v) is 4.30. The van der Waals surface area contributed by atoms with Crippen molar-refractivity contribution in [3.8, 4) is 0 Å². The van der Waals surface area contributed by atoms with Crippen molar-refractivity contribution in [2.45, 2.75) is 39.3 Å². The average Bonchev–Trinajstić information content (AvgIpc) is 2.86. The second-order valence-corrected chi connectivity index (χ2v) is 5.76. The molecule has 1 aliphatic rings. The van der Waals surface area contributed by atoms with Crippen molar-refractivity contribution in [3.05, 3.63) is 30.6 Å². The first kappa shape index (κ1) is 12.5. The second-order valence-electron chi connectivity index (χ2n) is 5.76. The zero-order valence-corrected chi connectivity index (χ0v) is 11.8. The molecule has 1 aliphatic carbocycles. The van der Waals surface area contributed by atoms with E-state index in [1.807, 2.05) is 24.5 Å². The molecule has 0 bridgehead atoms. The number of pyridine rings is 1. The Morgan fingerprint density at radius 1 is 1.47 bits per heavy atom. The van der Waals surface area contributed by atoms with Gasteiger partial charge in [0.2, 0.25) is 0 Å². The Labute approximate surface area is 113 Å². The van der Waals surface area contributed by atoms with Crippen LogP contribution < -0.4 is 5.32 Å². The van der Waals surface area contributed by atoms with Crippen molar-refractivity contribution in [3.63, 3.8) is 0 Å². The number of nitrogens with one attached hydrogen (secondary N) is 1. The minimum atomic E-state index is 0.165. The van der Waals surface area contributed by atoms with E-state index in [1.54, 1.807) is 0 Å². The Bertz CT molecular complexity index is 576. The summed E-state index contributed by atoms with van der Waals surface area (Å²) in [6.07, 6.45) is 5.24. The molecule has 0 amide bonds. The van der Waals surface area contributed by atoms with Gasteiger partial charge in [-0.05, 0) is 25.5 Å². The first-order valence-corrected chi connectivity index (χ1v) is 6.93. The summed E-state index contributed by atoms with van der Waals surface area (Å²) in [5, 5.41) is 3.63. The molecule has 1 N–H and O–H groups in total. The number of ether oxygens (including phenoxy) is 1. The van der Waals surface area contributed by atoms with Crippen molar-refractivity contribution in [2.75, 3.05) is 11.9 Å². The van der Waals surface area contributed by atoms with E-state index in [2.05, 4.69) is 41.5 Å². The van der Waals surface area contributed by atoms with Crippen LogP contribution in [0.4, 0.5) is 5.82 Å². The zero-order valence-electron chi connectivity index (χ0n) is 11.8. The topological polar surface area (TPSA) is 38.6 Å². The maximum atomic E-state index is 5.77. The van der Waals surface area contributed by atoms with Crippen LogP contribution in [0.1, 0.15) is 27.2 Å². The third-order valence-electron chi connectivity index (χ3n) is 4.30. The molecule has 2 heterocycles. The fourth-order valence-corrected chi connectivity index (χ4v) is 2.86. The lowest BCUT2D eigenvalue weighted by Gasteiger charge is -2.52. The standard InChI is InChI=1S/C15H21N3O/c1-4-19-12-10-11(15(12,2)3)17-14-7-5-6-13-16-8-9-18(13)14/h5-9,11-12,17H,4,10H2,1-3H3. The van der Waals surface area contributed by atoms with Crippen LogP contribution in [-0.2, 0) is 4.74 Å². The molecule has 19 heavy (non-hydrogen) atoms. The Morgan fingerprint density at radius 3 is 3.05 bits per heavy atom. The van der Waals surface area contributed by atoms with Gasteiger partial charge in [-0.15, -0.1) is 0 Å². The van der Waals surface area contributed by atoms with Crippen molar-refractivity contribution in [1.82, 2.24) is 9.38 Å². The molecule has 3 rings (SSSR count). The van der Waals surface area contributed by atoms with E-state index in [1.165, 1.54) is 0 Å². The van der Waals surface area contributed by atoms with Gasteiger partial charge in [0.1, 0.15) is 11.5 Å². The van der Waals surface area contributed by atoms with Gasteiger partial charge in [0.25, 0.3) is 0 Å². The highest BCUT2D eigenvalue weighted by molar-refractivity contribution is 5.50. The number of anilines is 1. The highest BCUT2D eigenvalue weighted by Crippen LogP contribution is 2.44. The molecule has 2 aromatic rings. The zero-order chi connectivity index (χ0) is 13.5. The first-order valence-electron chi connectivity index (χ1n) is 6.93. The lowest BCUT2D eigenvalue weighted by Crippen LogP contribution is -2.58. The molecule has 0 aromatic carbocycles. The Balaban J connectivity index is 1.78. The average molecular weight is 259 g/mol. The molecule has 2 unspecified atom stereocenters. The molecule has 0 aliphatic heterocycles. The summed E-state index contributed by atoms with van der Waals surface area (Å²) in [6, 6.07) is 6.59. The van der Waals surface area contributed by atoms with Crippen LogP contribution in [0.5, 0.6) is 0 Å². The van der Waals surface area contributed by atoms with Crippen molar-refractivity contribution in [2.24, 2.45) is 5.41 Å². The molecular weight excluding hydrogens is 238 g/mol. The maximum Gasteiger partial charge on any atom is 0.138 e. The molecule has 102 valence electrons. The predicted octanol–water partition coefficient (Wildman–Crippen LogP) is 2.95. The van der Waals surface area contributed by atoms with Gasteiger partial charge in [0.05, 0.1) is 6.10 Å². The van der Waals surface area contributed by atoms with Crippen LogP contribution in [-0.4, -0.2) is 28.1 Å². The third kappa shape index (κ3) is 2.00. The molecule has 1 saturated carbocycles. The molecule has 1 fully saturated rings. The highest BCUT2D eigenvalue weighted by atomic mass is 16.5. The number of nitrogens with zero attached hydrogens (tertiary/aromatic N) is 2. The lowest BCUT2D eigenvalue weighted by molar-refractivity contribution is -0.0976. The number of hydrogen-bond donors (Lipinski definition) is 1. The minimum Gasteiger partial charge on any atom is -0.378 e. The van der Waals surface area contributed by atoms with E-state index in [-0.39, 0.29) is 5.41 Å². The fourth-order valence-electron chi connectivity index (χ4n) is 2.86. The van der Waals surface area contributed by atoms with Crippen LogP contribution in [0.3, 0.4) is 0 Å². The van der Waals surface area contributed by atoms with Gasteiger partial charge in [-0.25, -0.2) is 4.98 Å². The number of imidazole rings is 1. The summed E-state index contributed by atoms with van der Waals surface area (Å²) < 4.78 is 7.86. The summed E-state index contributed by atoms with van der Waals surface area (Å²) >= 11 is 0. The molecule has 0 spiro atoms. The van der Waals surface area contributed by atoms with Gasteiger partial charge in [-0.1, -0.05) is 19.9 Å². The van der Waals surface area contributed by atoms with Gasteiger partial charge in [-0.3, -0.25) is 4.40 Å². The maximum absolute atomic E-state index is 5.77. The smallest absolute Gasteiger partial charge is 0.138 e. The lowest BCUT2D eigenvalue weighted by atomic mass is 9.64. The summed E-state index contributed by atoms with van der Waals surface area (Å²) in [4.78, 5) is 4.31. The molecule has 4 heteroatoms. The number of aromatic nitrogens is 2. The number of fused-ring (bicyclic) bond motifs is 1. The van der Waals surface area contributed by atoms with Gasteiger partial charge >= 0.3 is 0 Å². The SMILES string of the molecule is CCOC1CC(Nc2cccc3nccn23)C1(C)C. The van der Waals surface area contributed by atoms with Crippen molar-refractivity contribution < 1.29 is 4.74 Å². The second kappa shape index (κ2) is 4.53. The minimum absolute atomic E-state index is 0.165. The van der Waals surface area contributed by atoms with E-state index < -0.39 is 0 Å². The summed E-state index contributed by atoms with van der Waals surface area (Å²) in [5.74, 6) is 1.10. The first-order chi connectivity index (χ1) is 9.13. The Kier molecular flexibility index (Phi) is 2.97. The molecule has 4 nitrogen and oxygen atoms in total. The Morgan fingerprint density at radius 2 is 2.32 bits per heavy atom. The van der Waals surface area contributed by atoms with Crippen molar-refractivity contribution >= 4 is 11.5 Å². The monoisotopic (exact) mass is 259 g/mol. The van der Waals surface area contributed by atoms with E-state index in [9.17, 15) is 0 Å². The van der Waals surface area contributed by atoms with Gasteiger partial charge in [0.15, 0.2) is 0 Å². The van der Waals surface area contributed by atoms with Crippen LogP contribution in [0.25, 0.3) is 5.65 Å². The van der Waals surface area contributed by atoms with Crippen LogP contribution in [0.15, 0.2) is 30.6 Å². The molecule has 2 atom stereocenters. The summed E-state index contributed by atoms with van der Waals surface area (Å²) in [6.45, 7) is 7.38. The fraction of sp³-hybridized carbons (Fsp3) is 0.533. The molecule has 0 radical (unpaired) electrons. The summed E-state index contributed by atoms with van der Waals surface area (Å²) in [7, 11) is 0. The number of hydrogen-bond acceptors (Lipinski definition) is 3. The quantitative estimate of drug-likeness (QED) is 0.917. The van der Waals surface area contributed by atoms with Crippen LogP contribution in [0, 0.1) is 5.41 Å². The Hall–Kier alpha value is -1.55. The van der Waals surface area contributed by atoms with E-state index in [0.717, 1.165) is 24.5 Å². The van der Waals surface area contributed by atoms with Gasteiger partial charge in [0, 0.05) is 30.5 Å². The molecule has 0 saturated heterocycles. The predicted molar refractivity (Wildman–Crippen MR) is 76.4 cm³/mol. The highest BCUT2D eigenvalue weighted by Gasteiger charge is 2.49. The molecule has 2 aromatic heterocycles. The van der Waals surface area contributed by atoms with Gasteiger partial charge in [-0.2, -0.15) is 0 Å². The van der Waals surface area contributed by atoms with Crippen LogP contribution >= 0.6 is 0 Å². The van der Waals surface area contributed by atoms with Gasteiger partial charge < -0.3 is 10.1 Å². The van der Waals surface area contributed by atoms with Crippen LogP contribution in [0.2, 0.25) is 0 Å². The van der Waals surface area contributed by atoms with E-state index >= 15 is 0 Å². The largest absolute Gasteiger partial charge is 0.378 e. The molecular formula is C15H21N3O.